The van der Waals surface area contributed by atoms with Gasteiger partial charge in [0.2, 0.25) is 0 Å². The average molecular weight is 181 g/mol. The molecule has 0 aliphatic heterocycles. The molecule has 2 heteroatoms. The second-order valence-electron chi connectivity index (χ2n) is 3.33. The molecule has 0 unspecified atom stereocenters. The van der Waals surface area contributed by atoms with E-state index < -0.39 is 0 Å². The van der Waals surface area contributed by atoms with Crippen LogP contribution in [-0.4, -0.2) is 5.88 Å². The van der Waals surface area contributed by atoms with Gasteiger partial charge in [0.05, 0.1) is 0 Å². The van der Waals surface area contributed by atoms with Crippen molar-refractivity contribution >= 4 is 23.2 Å². The molecule has 0 bridgehead atoms. The summed E-state index contributed by atoms with van der Waals surface area (Å²) in [6.45, 7) is 8.07. The van der Waals surface area contributed by atoms with Crippen molar-refractivity contribution in [2.75, 3.05) is 5.88 Å². The molecule has 0 fully saturated rings. The highest BCUT2D eigenvalue weighted by atomic mass is 35.5. The van der Waals surface area contributed by atoms with E-state index in [2.05, 4.69) is 0 Å². The van der Waals surface area contributed by atoms with Crippen molar-refractivity contribution in [2.24, 2.45) is 5.41 Å². The van der Waals surface area contributed by atoms with E-state index in [1.54, 1.807) is 0 Å². The first-order valence-corrected chi connectivity index (χ1v) is 4.22. The second kappa shape index (κ2) is 3.64. The van der Waals surface area contributed by atoms with Gasteiger partial charge in [-0.3, -0.25) is 0 Å². The number of hydrogen-bond donors (Lipinski definition) is 0. The van der Waals surface area contributed by atoms with Crippen molar-refractivity contribution in [2.45, 2.75) is 27.7 Å². The lowest BCUT2D eigenvalue weighted by atomic mass is 9.93. The minimum atomic E-state index is -0.0675. The highest BCUT2D eigenvalue weighted by Crippen LogP contribution is 2.32. The molecule has 0 N–H and O–H groups in total. The van der Waals surface area contributed by atoms with Gasteiger partial charge in [-0.15, -0.1) is 11.6 Å². The molecule has 0 heterocycles. The van der Waals surface area contributed by atoms with Crippen LogP contribution in [0.15, 0.2) is 10.6 Å². The van der Waals surface area contributed by atoms with E-state index >= 15 is 0 Å². The van der Waals surface area contributed by atoms with Gasteiger partial charge in [-0.2, -0.15) is 0 Å². The molecule has 0 aromatic rings. The summed E-state index contributed by atoms with van der Waals surface area (Å²) >= 11 is 11.7. The topological polar surface area (TPSA) is 0 Å². The molecule has 0 aromatic heterocycles. The van der Waals surface area contributed by atoms with Gasteiger partial charge in [0.15, 0.2) is 0 Å². The molecular weight excluding hydrogens is 167 g/mol. The average Bonchev–Trinajstić information content (AvgIpc) is 1.86. The SMILES string of the molecule is CC(C)=C(Cl)C(C)(C)CCl. The van der Waals surface area contributed by atoms with E-state index in [-0.39, 0.29) is 5.41 Å². The summed E-state index contributed by atoms with van der Waals surface area (Å²) in [6.07, 6.45) is 0. The molecule has 0 amide bonds. The van der Waals surface area contributed by atoms with Gasteiger partial charge >= 0.3 is 0 Å². The third kappa shape index (κ3) is 2.51. The van der Waals surface area contributed by atoms with Gasteiger partial charge in [0, 0.05) is 16.3 Å². The maximum absolute atomic E-state index is 6.00. The predicted molar refractivity (Wildman–Crippen MR) is 48.7 cm³/mol. The number of hydrogen-bond acceptors (Lipinski definition) is 0. The van der Waals surface area contributed by atoms with Crippen LogP contribution in [0.2, 0.25) is 0 Å². The number of rotatable bonds is 2. The van der Waals surface area contributed by atoms with Crippen molar-refractivity contribution in [3.8, 4) is 0 Å². The van der Waals surface area contributed by atoms with Crippen molar-refractivity contribution < 1.29 is 0 Å². The number of alkyl halides is 1. The predicted octanol–water partition coefficient (Wildman–Crippen LogP) is 3.78. The highest BCUT2D eigenvalue weighted by molar-refractivity contribution is 6.31. The Labute approximate surface area is 73.2 Å². The molecule has 0 aromatic carbocycles. The lowest BCUT2D eigenvalue weighted by Gasteiger charge is -2.21. The Kier molecular flexibility index (Phi) is 3.75. The molecule has 10 heavy (non-hydrogen) atoms. The summed E-state index contributed by atoms with van der Waals surface area (Å²) in [5, 5.41) is 0.877. The smallest absolute Gasteiger partial charge is 0.0323 e. The minimum Gasteiger partial charge on any atom is -0.126 e. The zero-order chi connectivity index (χ0) is 8.36. The lowest BCUT2D eigenvalue weighted by Crippen LogP contribution is -2.14. The minimum absolute atomic E-state index is 0.0675. The van der Waals surface area contributed by atoms with Crippen LogP contribution < -0.4 is 0 Å². The van der Waals surface area contributed by atoms with E-state index in [1.807, 2.05) is 27.7 Å². The Morgan fingerprint density at radius 2 is 1.70 bits per heavy atom. The van der Waals surface area contributed by atoms with E-state index in [0.29, 0.717) is 5.88 Å². The molecule has 0 saturated carbocycles. The fourth-order valence-electron chi connectivity index (χ4n) is 0.735. The summed E-state index contributed by atoms with van der Waals surface area (Å²) in [5.41, 5.74) is 1.08. The van der Waals surface area contributed by atoms with Crippen LogP contribution in [0.3, 0.4) is 0 Å². The molecular formula is C8H14Cl2. The van der Waals surface area contributed by atoms with Crippen LogP contribution in [0.5, 0.6) is 0 Å². The summed E-state index contributed by atoms with van der Waals surface area (Å²) in [5.74, 6) is 0.566. The molecule has 0 nitrogen and oxygen atoms in total. The Balaban J connectivity index is 4.49. The van der Waals surface area contributed by atoms with Crippen molar-refractivity contribution in [1.29, 1.82) is 0 Å². The van der Waals surface area contributed by atoms with Crippen LogP contribution in [0.4, 0.5) is 0 Å². The van der Waals surface area contributed by atoms with E-state index in [4.69, 9.17) is 23.2 Å². The fraction of sp³-hybridized carbons (Fsp3) is 0.750. The maximum Gasteiger partial charge on any atom is 0.0323 e. The number of allylic oxidation sites excluding steroid dienone is 2. The van der Waals surface area contributed by atoms with Gasteiger partial charge in [0.1, 0.15) is 0 Å². The molecule has 0 aliphatic rings. The molecule has 0 saturated heterocycles. The third-order valence-electron chi connectivity index (χ3n) is 1.37. The first-order chi connectivity index (χ1) is 4.41. The Morgan fingerprint density at radius 3 is 1.80 bits per heavy atom. The summed E-state index contributed by atoms with van der Waals surface area (Å²) in [7, 11) is 0. The summed E-state index contributed by atoms with van der Waals surface area (Å²) in [6, 6.07) is 0. The van der Waals surface area contributed by atoms with Gasteiger partial charge in [0.25, 0.3) is 0 Å². The van der Waals surface area contributed by atoms with Crippen molar-refractivity contribution in [3.05, 3.63) is 10.6 Å². The molecule has 60 valence electrons. The van der Waals surface area contributed by atoms with Crippen LogP contribution >= 0.6 is 23.2 Å². The van der Waals surface area contributed by atoms with E-state index in [0.717, 1.165) is 10.6 Å². The summed E-state index contributed by atoms with van der Waals surface area (Å²) < 4.78 is 0. The monoisotopic (exact) mass is 180 g/mol. The zero-order valence-corrected chi connectivity index (χ0v) is 8.47. The van der Waals surface area contributed by atoms with E-state index in [1.165, 1.54) is 0 Å². The highest BCUT2D eigenvalue weighted by Gasteiger charge is 2.21. The van der Waals surface area contributed by atoms with E-state index in [9.17, 15) is 0 Å². The van der Waals surface area contributed by atoms with Crippen molar-refractivity contribution in [1.82, 2.24) is 0 Å². The Hall–Kier alpha value is 0.320. The maximum atomic E-state index is 6.00. The largest absolute Gasteiger partial charge is 0.126 e. The molecule has 0 spiro atoms. The van der Waals surface area contributed by atoms with Crippen LogP contribution in [0.25, 0.3) is 0 Å². The Bertz CT molecular complexity index is 141. The lowest BCUT2D eigenvalue weighted by molar-refractivity contribution is 0.534. The van der Waals surface area contributed by atoms with Gasteiger partial charge in [-0.1, -0.05) is 31.0 Å². The fourth-order valence-corrected chi connectivity index (χ4v) is 1.00. The van der Waals surface area contributed by atoms with Crippen LogP contribution in [-0.2, 0) is 0 Å². The summed E-state index contributed by atoms with van der Waals surface area (Å²) in [4.78, 5) is 0. The first-order valence-electron chi connectivity index (χ1n) is 3.31. The van der Waals surface area contributed by atoms with Crippen LogP contribution in [0, 0.1) is 5.41 Å². The van der Waals surface area contributed by atoms with Crippen LogP contribution in [0.1, 0.15) is 27.7 Å². The molecule has 0 radical (unpaired) electrons. The molecule has 0 aliphatic carbocycles. The normalized spacial score (nSPS) is 11.4. The van der Waals surface area contributed by atoms with Gasteiger partial charge in [-0.05, 0) is 13.8 Å². The third-order valence-corrected chi connectivity index (χ3v) is 2.92. The standard InChI is InChI=1S/C8H14Cl2/c1-6(2)7(10)8(3,4)5-9/h5H2,1-4H3. The zero-order valence-electron chi connectivity index (χ0n) is 6.96. The number of halogens is 2. The first kappa shape index (κ1) is 10.3. The second-order valence-corrected chi connectivity index (χ2v) is 3.98. The quantitative estimate of drug-likeness (QED) is 0.568. The van der Waals surface area contributed by atoms with Crippen molar-refractivity contribution in [3.63, 3.8) is 0 Å². The Morgan fingerprint density at radius 1 is 1.30 bits per heavy atom. The molecule has 0 rings (SSSR count). The van der Waals surface area contributed by atoms with Gasteiger partial charge in [-0.25, -0.2) is 0 Å². The van der Waals surface area contributed by atoms with Gasteiger partial charge < -0.3 is 0 Å². The molecule has 0 atom stereocenters.